The van der Waals surface area contributed by atoms with Crippen LogP contribution in [0.15, 0.2) is 30.7 Å². The zero-order chi connectivity index (χ0) is 15.6. The fraction of sp³-hybridized carbons (Fsp3) is 0.357. The van der Waals surface area contributed by atoms with Gasteiger partial charge in [0.2, 0.25) is 5.95 Å². The summed E-state index contributed by atoms with van der Waals surface area (Å²) in [5.74, 6) is 0.594. The van der Waals surface area contributed by atoms with E-state index in [1.165, 1.54) is 0 Å². The minimum absolute atomic E-state index is 0.00704. The predicted molar refractivity (Wildman–Crippen MR) is 81.3 cm³/mol. The number of hydrogen-bond acceptors (Lipinski definition) is 7. The normalized spacial score (nSPS) is 17.0. The van der Waals surface area contributed by atoms with Crippen LogP contribution >= 0.6 is 0 Å². The number of hydrogen-bond donors (Lipinski definition) is 1. The third-order valence-electron chi connectivity index (χ3n) is 3.79. The standard InChI is InChI=1S/C14H16N8O/c1-21-11(3-6-18-21)13-12-9-23-10(8-22(12)20-19-13)7-17-14-15-4-2-5-16-14/h2-6,10H,7-9H2,1H3,(H,15,16,17). The van der Waals surface area contributed by atoms with Crippen LogP contribution in [0.5, 0.6) is 0 Å². The largest absolute Gasteiger partial charge is 0.368 e. The summed E-state index contributed by atoms with van der Waals surface area (Å²) in [5, 5.41) is 15.9. The summed E-state index contributed by atoms with van der Waals surface area (Å²) in [5.41, 5.74) is 2.73. The molecule has 0 saturated heterocycles. The Labute approximate surface area is 132 Å². The van der Waals surface area contributed by atoms with Crippen molar-refractivity contribution in [2.45, 2.75) is 19.3 Å². The lowest BCUT2D eigenvalue weighted by atomic mass is 10.2. The number of nitrogens with one attached hydrogen (secondary N) is 1. The highest BCUT2D eigenvalue weighted by Gasteiger charge is 2.25. The Morgan fingerprint density at radius 3 is 2.96 bits per heavy atom. The second-order valence-electron chi connectivity index (χ2n) is 5.29. The average Bonchev–Trinajstić information content (AvgIpc) is 3.19. The minimum Gasteiger partial charge on any atom is -0.368 e. The van der Waals surface area contributed by atoms with E-state index >= 15 is 0 Å². The van der Waals surface area contributed by atoms with Crippen molar-refractivity contribution in [3.63, 3.8) is 0 Å². The molecule has 0 amide bonds. The predicted octanol–water partition coefficient (Wildman–Crippen LogP) is 0.479. The molecule has 0 spiro atoms. The molecular formula is C14H16N8O. The molecule has 4 rings (SSSR count). The first-order valence-corrected chi connectivity index (χ1v) is 7.34. The highest BCUT2D eigenvalue weighted by atomic mass is 16.5. The summed E-state index contributed by atoms with van der Waals surface area (Å²) in [6, 6.07) is 3.70. The zero-order valence-corrected chi connectivity index (χ0v) is 12.6. The second-order valence-corrected chi connectivity index (χ2v) is 5.29. The summed E-state index contributed by atoms with van der Waals surface area (Å²) in [6.07, 6.45) is 5.14. The first kappa shape index (κ1) is 13.8. The number of aryl methyl sites for hydroxylation is 1. The van der Waals surface area contributed by atoms with Crippen molar-refractivity contribution in [2.75, 3.05) is 11.9 Å². The molecule has 23 heavy (non-hydrogen) atoms. The molecule has 4 heterocycles. The molecule has 0 aromatic carbocycles. The minimum atomic E-state index is -0.00704. The molecule has 0 bridgehead atoms. The van der Waals surface area contributed by atoms with Crippen molar-refractivity contribution >= 4 is 5.95 Å². The molecule has 1 aliphatic rings. The topological polar surface area (TPSA) is 95.6 Å². The van der Waals surface area contributed by atoms with Gasteiger partial charge in [-0.3, -0.25) is 4.68 Å². The molecule has 1 N–H and O–H groups in total. The van der Waals surface area contributed by atoms with Gasteiger partial charge in [-0.25, -0.2) is 14.6 Å². The van der Waals surface area contributed by atoms with Gasteiger partial charge in [0.1, 0.15) is 5.69 Å². The Morgan fingerprint density at radius 2 is 2.17 bits per heavy atom. The van der Waals surface area contributed by atoms with Gasteiger partial charge in [0.25, 0.3) is 0 Å². The van der Waals surface area contributed by atoms with Gasteiger partial charge in [-0.15, -0.1) is 5.10 Å². The molecule has 3 aromatic rings. The Morgan fingerprint density at radius 1 is 1.30 bits per heavy atom. The van der Waals surface area contributed by atoms with Gasteiger partial charge < -0.3 is 10.1 Å². The first-order chi connectivity index (χ1) is 11.3. The third kappa shape index (κ3) is 2.66. The SMILES string of the molecule is Cn1nccc1-c1nnn2c1COC(CNc1ncccn1)C2. The number of rotatable bonds is 4. The van der Waals surface area contributed by atoms with Crippen molar-refractivity contribution < 1.29 is 4.74 Å². The van der Waals surface area contributed by atoms with E-state index in [0.717, 1.165) is 17.1 Å². The summed E-state index contributed by atoms with van der Waals surface area (Å²) in [4.78, 5) is 8.27. The molecule has 0 radical (unpaired) electrons. The van der Waals surface area contributed by atoms with Crippen LogP contribution in [0.4, 0.5) is 5.95 Å². The molecule has 9 heteroatoms. The van der Waals surface area contributed by atoms with Crippen LogP contribution in [0, 0.1) is 0 Å². The van der Waals surface area contributed by atoms with Gasteiger partial charge >= 0.3 is 0 Å². The van der Waals surface area contributed by atoms with Crippen LogP contribution in [-0.2, 0) is 24.9 Å². The molecule has 3 aromatic heterocycles. The maximum atomic E-state index is 5.91. The quantitative estimate of drug-likeness (QED) is 0.748. The van der Waals surface area contributed by atoms with E-state index in [4.69, 9.17) is 4.74 Å². The molecule has 1 aliphatic heterocycles. The highest BCUT2D eigenvalue weighted by molar-refractivity contribution is 5.56. The maximum Gasteiger partial charge on any atom is 0.222 e. The van der Waals surface area contributed by atoms with Gasteiger partial charge in [-0.1, -0.05) is 5.21 Å². The van der Waals surface area contributed by atoms with E-state index in [1.807, 2.05) is 17.8 Å². The number of aromatic nitrogens is 7. The van der Waals surface area contributed by atoms with Crippen molar-refractivity contribution in [2.24, 2.45) is 7.05 Å². The van der Waals surface area contributed by atoms with Gasteiger partial charge in [0, 0.05) is 32.2 Å². The van der Waals surface area contributed by atoms with Crippen molar-refractivity contribution in [3.8, 4) is 11.4 Å². The molecular weight excluding hydrogens is 296 g/mol. The molecule has 118 valence electrons. The van der Waals surface area contributed by atoms with Gasteiger partial charge in [-0.05, 0) is 12.1 Å². The Bertz CT molecular complexity index is 796. The lowest BCUT2D eigenvalue weighted by Gasteiger charge is -2.24. The van der Waals surface area contributed by atoms with Crippen molar-refractivity contribution in [3.05, 3.63) is 36.4 Å². The molecule has 0 fully saturated rings. The van der Waals surface area contributed by atoms with Crippen LogP contribution in [0.1, 0.15) is 5.69 Å². The van der Waals surface area contributed by atoms with E-state index in [-0.39, 0.29) is 6.10 Å². The van der Waals surface area contributed by atoms with Gasteiger partial charge in [0.15, 0.2) is 0 Å². The van der Waals surface area contributed by atoms with E-state index < -0.39 is 0 Å². The average molecular weight is 312 g/mol. The van der Waals surface area contributed by atoms with E-state index in [9.17, 15) is 0 Å². The molecule has 1 unspecified atom stereocenters. The van der Waals surface area contributed by atoms with Crippen LogP contribution < -0.4 is 5.32 Å². The maximum absolute atomic E-state index is 5.91. The third-order valence-corrected chi connectivity index (χ3v) is 3.79. The van der Waals surface area contributed by atoms with Crippen molar-refractivity contribution in [1.29, 1.82) is 0 Å². The summed E-state index contributed by atoms with van der Waals surface area (Å²) >= 11 is 0. The second kappa shape index (κ2) is 5.76. The molecule has 0 saturated carbocycles. The lowest BCUT2D eigenvalue weighted by molar-refractivity contribution is 0.00877. The number of anilines is 1. The Kier molecular flexibility index (Phi) is 3.46. The highest BCUT2D eigenvalue weighted by Crippen LogP contribution is 2.24. The number of nitrogens with zero attached hydrogens (tertiary/aromatic N) is 7. The Balaban J connectivity index is 1.46. The van der Waals surface area contributed by atoms with Crippen LogP contribution in [0.25, 0.3) is 11.4 Å². The zero-order valence-electron chi connectivity index (χ0n) is 12.6. The molecule has 0 aliphatic carbocycles. The van der Waals surface area contributed by atoms with E-state index in [1.54, 1.807) is 29.3 Å². The number of fused-ring (bicyclic) bond motifs is 1. The number of ether oxygens (including phenoxy) is 1. The van der Waals surface area contributed by atoms with E-state index in [2.05, 4.69) is 30.7 Å². The lowest BCUT2D eigenvalue weighted by Crippen LogP contribution is -2.33. The molecule has 1 atom stereocenters. The molecule has 9 nitrogen and oxygen atoms in total. The monoisotopic (exact) mass is 312 g/mol. The summed E-state index contributed by atoms with van der Waals surface area (Å²) < 4.78 is 9.59. The van der Waals surface area contributed by atoms with Crippen LogP contribution in [0.2, 0.25) is 0 Å². The Hall–Kier alpha value is -2.81. The fourth-order valence-electron chi connectivity index (χ4n) is 2.59. The smallest absolute Gasteiger partial charge is 0.222 e. The van der Waals surface area contributed by atoms with Crippen molar-refractivity contribution in [1.82, 2.24) is 34.7 Å². The van der Waals surface area contributed by atoms with Crippen LogP contribution in [-0.4, -0.2) is 47.4 Å². The first-order valence-electron chi connectivity index (χ1n) is 7.34. The fourth-order valence-corrected chi connectivity index (χ4v) is 2.59. The summed E-state index contributed by atoms with van der Waals surface area (Å²) in [7, 11) is 1.89. The van der Waals surface area contributed by atoms with Gasteiger partial charge in [0.05, 0.1) is 30.6 Å². The van der Waals surface area contributed by atoms with Gasteiger partial charge in [-0.2, -0.15) is 5.10 Å². The van der Waals surface area contributed by atoms with E-state index in [0.29, 0.717) is 25.6 Å². The van der Waals surface area contributed by atoms with Crippen LogP contribution in [0.3, 0.4) is 0 Å². The summed E-state index contributed by atoms with van der Waals surface area (Å²) in [6.45, 7) is 1.72.